The van der Waals surface area contributed by atoms with Gasteiger partial charge in [-0.1, -0.05) is 109 Å². The van der Waals surface area contributed by atoms with E-state index in [9.17, 15) is 0 Å². The first-order valence-electron chi connectivity index (χ1n) is 19.8. The average Bonchev–Trinajstić information content (AvgIpc) is 3.55. The van der Waals surface area contributed by atoms with Gasteiger partial charge in [-0.15, -0.1) is 0 Å². The van der Waals surface area contributed by atoms with E-state index < -0.39 is 0 Å². The van der Waals surface area contributed by atoms with Gasteiger partial charge in [0.05, 0.1) is 10.9 Å². The Kier molecular flexibility index (Phi) is 7.65. The molecule has 1 aromatic heterocycles. The van der Waals surface area contributed by atoms with E-state index in [-0.39, 0.29) is 5.41 Å². The summed E-state index contributed by atoms with van der Waals surface area (Å²) in [6, 6.07) is 16.9. The molecule has 0 fully saturated rings. The largest absolute Gasteiger partial charge is 0.313 e. The molecule has 52 heavy (non-hydrogen) atoms. The van der Waals surface area contributed by atoms with Crippen LogP contribution in [0.2, 0.25) is 0 Å². The maximum Gasteiger partial charge on any atom is 0.0664 e. The lowest BCUT2D eigenvalue weighted by atomic mass is 9.57. The van der Waals surface area contributed by atoms with Crippen LogP contribution in [0.1, 0.15) is 93.0 Å². The third kappa shape index (κ3) is 4.77. The van der Waals surface area contributed by atoms with Crippen molar-refractivity contribution in [2.24, 2.45) is 11.8 Å². The molecule has 3 aromatic rings. The molecular weight excluding hydrogens is 667 g/mol. The highest BCUT2D eigenvalue weighted by Gasteiger charge is 2.53. The number of benzene rings is 2. The van der Waals surface area contributed by atoms with E-state index in [1.54, 1.807) is 32.1 Å². The van der Waals surface area contributed by atoms with Crippen LogP contribution in [-0.2, 0) is 11.8 Å². The number of allylic oxidation sites excluding steroid dienone is 18. The standard InChI is InChI=1S/C49H45NS2/c1-3-13-32(14-4-1)34-25-28-47-42(30-34)49(39-18-8-11-21-45(39)51-46-22-12-9-19-40(46)49)41-26-23-35(31-48(41)52-47)33-24-27-44-38(29-33)37-17-7-10-20-43(37)50(44)36-15-5-2-6-16-36/h1,3-5,7-9,11,13,15-19,21,24,27,29,31-32,34H,2,6,10,12,14,20,22-23,25-26,28,30H2. The summed E-state index contributed by atoms with van der Waals surface area (Å²) in [6.45, 7) is 0. The van der Waals surface area contributed by atoms with Crippen molar-refractivity contribution >= 4 is 51.8 Å². The molecule has 0 amide bonds. The van der Waals surface area contributed by atoms with E-state index in [0.717, 1.165) is 51.4 Å². The molecule has 8 aliphatic rings. The van der Waals surface area contributed by atoms with Crippen molar-refractivity contribution in [2.45, 2.75) is 87.4 Å². The lowest BCUT2D eigenvalue weighted by Crippen LogP contribution is -2.42. The zero-order valence-corrected chi connectivity index (χ0v) is 31.5. The number of rotatable bonds is 3. The molecule has 0 saturated carbocycles. The van der Waals surface area contributed by atoms with E-state index in [4.69, 9.17) is 0 Å². The molecule has 3 heteroatoms. The molecule has 6 aliphatic carbocycles. The molecule has 0 bridgehead atoms. The molecule has 11 rings (SSSR count). The van der Waals surface area contributed by atoms with Crippen LogP contribution in [0.4, 0.5) is 0 Å². The fourth-order valence-corrected chi connectivity index (χ4v) is 13.5. The molecule has 2 aromatic carbocycles. The quantitative estimate of drug-likeness (QED) is 0.266. The summed E-state index contributed by atoms with van der Waals surface area (Å²) >= 11 is 4.21. The van der Waals surface area contributed by atoms with Crippen LogP contribution < -0.4 is 0 Å². The second kappa shape index (κ2) is 12.6. The Balaban J connectivity index is 1.07. The van der Waals surface area contributed by atoms with E-state index in [1.165, 1.54) is 74.5 Å². The minimum Gasteiger partial charge on any atom is -0.313 e. The predicted octanol–water partition coefficient (Wildman–Crippen LogP) is 13.8. The van der Waals surface area contributed by atoms with Crippen LogP contribution in [-0.4, -0.2) is 4.57 Å². The number of aromatic nitrogens is 1. The highest BCUT2D eigenvalue weighted by molar-refractivity contribution is 8.07. The predicted molar refractivity (Wildman–Crippen MR) is 224 cm³/mol. The third-order valence-electron chi connectivity index (χ3n) is 13.1. The molecule has 0 saturated heterocycles. The van der Waals surface area contributed by atoms with Crippen LogP contribution in [0.15, 0.2) is 146 Å². The van der Waals surface area contributed by atoms with Gasteiger partial charge < -0.3 is 4.57 Å². The molecule has 0 radical (unpaired) electrons. The minimum atomic E-state index is -0.148. The minimum absolute atomic E-state index is 0.148. The van der Waals surface area contributed by atoms with E-state index in [1.807, 2.05) is 0 Å². The van der Waals surface area contributed by atoms with E-state index in [0.29, 0.717) is 11.8 Å². The van der Waals surface area contributed by atoms with Gasteiger partial charge in [0.2, 0.25) is 0 Å². The first-order valence-corrected chi connectivity index (χ1v) is 21.5. The van der Waals surface area contributed by atoms with Crippen LogP contribution in [0.5, 0.6) is 0 Å². The topological polar surface area (TPSA) is 4.93 Å². The second-order valence-electron chi connectivity index (χ2n) is 15.8. The Bertz CT molecular complexity index is 2370. The van der Waals surface area contributed by atoms with E-state index >= 15 is 0 Å². The summed E-state index contributed by atoms with van der Waals surface area (Å²) in [4.78, 5) is 6.29. The molecular formula is C49H45NS2. The number of nitrogens with zero attached hydrogens (tertiary/aromatic N) is 1. The number of hydrogen-bond acceptors (Lipinski definition) is 2. The second-order valence-corrected chi connectivity index (χ2v) is 18.1. The van der Waals surface area contributed by atoms with Gasteiger partial charge in [-0.25, -0.2) is 0 Å². The molecule has 1 nitrogen and oxygen atoms in total. The van der Waals surface area contributed by atoms with Crippen LogP contribution in [0.25, 0.3) is 28.2 Å². The fraction of sp³-hybridized carbons (Fsp3) is 0.306. The number of fused-ring (bicyclic) bond motifs is 8. The number of hydrogen-bond donors (Lipinski definition) is 0. The Morgan fingerprint density at radius 3 is 2.60 bits per heavy atom. The summed E-state index contributed by atoms with van der Waals surface area (Å²) in [5, 5.41) is 1.41. The Hall–Kier alpha value is -3.92. The smallest absolute Gasteiger partial charge is 0.0664 e. The first kappa shape index (κ1) is 31.6. The van der Waals surface area contributed by atoms with Gasteiger partial charge in [-0.2, -0.15) is 0 Å². The van der Waals surface area contributed by atoms with Crippen molar-refractivity contribution in [3.8, 4) is 0 Å². The Labute approximate surface area is 317 Å². The zero-order valence-electron chi connectivity index (χ0n) is 29.9. The monoisotopic (exact) mass is 711 g/mol. The molecule has 3 atom stereocenters. The van der Waals surface area contributed by atoms with Gasteiger partial charge in [-0.3, -0.25) is 0 Å². The molecule has 3 unspecified atom stereocenters. The van der Waals surface area contributed by atoms with E-state index in [2.05, 4.69) is 143 Å². The van der Waals surface area contributed by atoms with Gasteiger partial charge in [0.15, 0.2) is 0 Å². The van der Waals surface area contributed by atoms with Gasteiger partial charge in [0, 0.05) is 32.1 Å². The van der Waals surface area contributed by atoms with Gasteiger partial charge in [0.1, 0.15) is 0 Å². The van der Waals surface area contributed by atoms with Crippen molar-refractivity contribution in [1.82, 2.24) is 4.57 Å². The molecule has 2 aliphatic heterocycles. The fourth-order valence-electron chi connectivity index (χ4n) is 10.8. The summed E-state index contributed by atoms with van der Waals surface area (Å²) < 4.78 is 2.56. The van der Waals surface area contributed by atoms with Crippen molar-refractivity contribution in [2.75, 3.05) is 0 Å². The van der Waals surface area contributed by atoms with Gasteiger partial charge >= 0.3 is 0 Å². The third-order valence-corrected chi connectivity index (χ3v) is 15.7. The highest BCUT2D eigenvalue weighted by Crippen LogP contribution is 2.67. The Morgan fingerprint density at radius 2 is 1.67 bits per heavy atom. The normalized spacial score (nSPS) is 27.4. The van der Waals surface area contributed by atoms with Crippen molar-refractivity contribution in [1.29, 1.82) is 0 Å². The van der Waals surface area contributed by atoms with Gasteiger partial charge in [-0.05, 0) is 162 Å². The van der Waals surface area contributed by atoms with Crippen molar-refractivity contribution < 1.29 is 0 Å². The zero-order chi connectivity index (χ0) is 34.2. The average molecular weight is 712 g/mol. The van der Waals surface area contributed by atoms with Crippen molar-refractivity contribution in [3.63, 3.8) is 0 Å². The first-order chi connectivity index (χ1) is 25.8. The molecule has 258 valence electrons. The SMILES string of the molecule is C1=CCC(C2CCC3=C(C2)C2(C4=C(CCC=C4)Sc4ccccc42)C2=C(C=C(c4ccc5c(c4)c4c(n5C5=CCCC=C5)CCC=C4)CC2)S3)C=C1. The summed E-state index contributed by atoms with van der Waals surface area (Å²) in [5.41, 5.74) is 14.9. The van der Waals surface area contributed by atoms with Crippen LogP contribution >= 0.6 is 23.5 Å². The molecule has 3 heterocycles. The summed E-state index contributed by atoms with van der Waals surface area (Å²) in [6.07, 6.45) is 42.9. The van der Waals surface area contributed by atoms with Crippen LogP contribution in [0.3, 0.4) is 0 Å². The highest BCUT2D eigenvalue weighted by atomic mass is 32.2. The van der Waals surface area contributed by atoms with Crippen LogP contribution in [0, 0.1) is 11.8 Å². The lowest BCUT2D eigenvalue weighted by Gasteiger charge is -2.52. The number of thioether (sulfide) groups is 2. The maximum atomic E-state index is 2.64. The van der Waals surface area contributed by atoms with Gasteiger partial charge in [0.25, 0.3) is 0 Å². The van der Waals surface area contributed by atoms with Crippen molar-refractivity contribution in [3.05, 3.63) is 163 Å². The lowest BCUT2D eigenvalue weighted by molar-refractivity contribution is 0.339. The molecule has 0 N–H and O–H groups in total. The summed E-state index contributed by atoms with van der Waals surface area (Å²) in [7, 11) is 0. The summed E-state index contributed by atoms with van der Waals surface area (Å²) in [5.74, 6) is 1.35. The maximum absolute atomic E-state index is 2.64. The molecule has 1 spiro atoms. The Morgan fingerprint density at radius 1 is 0.750 bits per heavy atom.